The van der Waals surface area contributed by atoms with Crippen LogP contribution in [0.15, 0.2) is 66.7 Å². The molecule has 10 heteroatoms. The van der Waals surface area contributed by atoms with Crippen molar-refractivity contribution < 1.29 is 19.1 Å². The number of hydrogen-bond donors (Lipinski definition) is 1. The van der Waals surface area contributed by atoms with Crippen LogP contribution in [0.5, 0.6) is 11.5 Å². The molecule has 7 nitrogen and oxygen atoms in total. The number of nitrogens with zero attached hydrogens (tertiary/aromatic N) is 2. The van der Waals surface area contributed by atoms with E-state index in [0.717, 1.165) is 5.56 Å². The summed E-state index contributed by atoms with van der Waals surface area (Å²) in [7, 11) is 3.11. The average Bonchev–Trinajstić information content (AvgIpc) is 3.08. The van der Waals surface area contributed by atoms with Crippen molar-refractivity contribution in [3.63, 3.8) is 0 Å². The van der Waals surface area contributed by atoms with Crippen molar-refractivity contribution in [1.82, 2.24) is 4.90 Å². The Morgan fingerprint density at radius 1 is 0.972 bits per heavy atom. The molecule has 4 rings (SSSR count). The molecule has 1 saturated heterocycles. The molecule has 0 bridgehead atoms. The lowest BCUT2D eigenvalue weighted by atomic mass is 10.1. The number of carbonyl (C=O) groups is 2. The summed E-state index contributed by atoms with van der Waals surface area (Å²) in [5, 5.41) is 4.13. The van der Waals surface area contributed by atoms with E-state index in [1.165, 1.54) is 4.90 Å². The fourth-order valence-corrected chi connectivity index (χ4v) is 4.67. The van der Waals surface area contributed by atoms with Crippen LogP contribution in [0.3, 0.4) is 0 Å². The summed E-state index contributed by atoms with van der Waals surface area (Å²) >= 11 is 17.8. The van der Waals surface area contributed by atoms with Gasteiger partial charge in [-0.2, -0.15) is 0 Å². The van der Waals surface area contributed by atoms with Crippen molar-refractivity contribution in [1.29, 1.82) is 0 Å². The Labute approximate surface area is 224 Å². The van der Waals surface area contributed by atoms with Crippen molar-refractivity contribution >= 4 is 63.7 Å². The first-order chi connectivity index (χ1) is 17.3. The van der Waals surface area contributed by atoms with Gasteiger partial charge in [-0.1, -0.05) is 35.3 Å². The van der Waals surface area contributed by atoms with E-state index >= 15 is 0 Å². The Kier molecular flexibility index (Phi) is 7.98. The number of nitrogens with one attached hydrogen (secondary N) is 1. The van der Waals surface area contributed by atoms with Crippen LogP contribution in [0.1, 0.15) is 12.0 Å². The normalized spacial score (nSPS) is 15.3. The van der Waals surface area contributed by atoms with Crippen LogP contribution < -0.4 is 19.7 Å². The number of halogens is 2. The number of rotatable bonds is 8. The highest BCUT2D eigenvalue weighted by molar-refractivity contribution is 7.80. The van der Waals surface area contributed by atoms with Gasteiger partial charge in [0, 0.05) is 22.3 Å². The molecule has 186 valence electrons. The number of thiocarbonyl (C=S) groups is 1. The van der Waals surface area contributed by atoms with E-state index in [1.807, 2.05) is 12.1 Å². The topological polar surface area (TPSA) is 71.1 Å². The number of methoxy groups -OCH3 is 2. The van der Waals surface area contributed by atoms with Gasteiger partial charge in [-0.25, -0.2) is 0 Å². The van der Waals surface area contributed by atoms with Gasteiger partial charge in [0.2, 0.25) is 5.91 Å². The molecule has 1 atom stereocenters. The van der Waals surface area contributed by atoms with Gasteiger partial charge in [0.25, 0.3) is 5.91 Å². The second kappa shape index (κ2) is 11.2. The molecule has 1 heterocycles. The van der Waals surface area contributed by atoms with Gasteiger partial charge >= 0.3 is 0 Å². The van der Waals surface area contributed by atoms with E-state index in [0.29, 0.717) is 32.9 Å². The Morgan fingerprint density at radius 2 is 1.69 bits per heavy atom. The molecule has 1 aliphatic rings. The van der Waals surface area contributed by atoms with E-state index < -0.39 is 6.04 Å². The molecule has 0 aromatic heterocycles. The van der Waals surface area contributed by atoms with Crippen LogP contribution in [0, 0.1) is 0 Å². The Balaban J connectivity index is 1.63. The quantitative estimate of drug-likeness (QED) is 0.376. The molecular formula is C26H23Cl2N3O4S. The minimum atomic E-state index is -0.819. The maximum Gasteiger partial charge on any atom is 0.256 e. The van der Waals surface area contributed by atoms with Crippen molar-refractivity contribution in [3.8, 4) is 11.5 Å². The van der Waals surface area contributed by atoms with Gasteiger partial charge in [0.1, 0.15) is 6.04 Å². The molecule has 2 amide bonds. The molecule has 1 N–H and O–H groups in total. The lowest BCUT2D eigenvalue weighted by Gasteiger charge is -2.24. The molecule has 0 saturated carbocycles. The summed E-state index contributed by atoms with van der Waals surface area (Å²) in [5.41, 5.74) is 1.95. The molecule has 1 aliphatic heterocycles. The monoisotopic (exact) mass is 543 g/mol. The van der Waals surface area contributed by atoms with Crippen LogP contribution in [-0.4, -0.2) is 42.1 Å². The van der Waals surface area contributed by atoms with Crippen molar-refractivity contribution in [2.45, 2.75) is 19.0 Å². The van der Waals surface area contributed by atoms with Crippen molar-refractivity contribution in [3.05, 3.63) is 82.3 Å². The first-order valence-corrected chi connectivity index (χ1v) is 12.1. The summed E-state index contributed by atoms with van der Waals surface area (Å²) in [6.45, 7) is 0.282. The van der Waals surface area contributed by atoms with Gasteiger partial charge in [-0.3, -0.25) is 14.5 Å². The minimum absolute atomic E-state index is 0.108. The summed E-state index contributed by atoms with van der Waals surface area (Å²) in [4.78, 5) is 29.7. The van der Waals surface area contributed by atoms with E-state index in [9.17, 15) is 9.59 Å². The molecule has 0 aliphatic carbocycles. The molecule has 1 fully saturated rings. The first kappa shape index (κ1) is 25.8. The fourth-order valence-electron chi connectivity index (χ4n) is 3.97. The number of benzene rings is 3. The third-order valence-electron chi connectivity index (χ3n) is 5.69. The van der Waals surface area contributed by atoms with Crippen molar-refractivity contribution in [2.24, 2.45) is 0 Å². The molecule has 3 aromatic rings. The zero-order valence-corrected chi connectivity index (χ0v) is 21.9. The third-order valence-corrected chi connectivity index (χ3v) is 6.60. The van der Waals surface area contributed by atoms with E-state index in [-0.39, 0.29) is 29.9 Å². The molecule has 3 aromatic carbocycles. The lowest BCUT2D eigenvalue weighted by Crippen LogP contribution is -2.37. The number of amides is 2. The molecule has 0 radical (unpaired) electrons. The summed E-state index contributed by atoms with van der Waals surface area (Å²) < 4.78 is 10.7. The van der Waals surface area contributed by atoms with Crippen molar-refractivity contribution in [2.75, 3.05) is 24.4 Å². The first-order valence-electron chi connectivity index (χ1n) is 11.0. The largest absolute Gasteiger partial charge is 0.493 e. The third kappa shape index (κ3) is 5.56. The van der Waals surface area contributed by atoms with Gasteiger partial charge in [0.15, 0.2) is 16.6 Å². The summed E-state index contributed by atoms with van der Waals surface area (Å²) in [5.74, 6) is 0.496. The van der Waals surface area contributed by atoms with Crippen LogP contribution in [0.2, 0.25) is 10.0 Å². The molecule has 36 heavy (non-hydrogen) atoms. The smallest absolute Gasteiger partial charge is 0.256 e. The highest BCUT2D eigenvalue weighted by atomic mass is 35.5. The fraction of sp³-hybridized carbons (Fsp3) is 0.192. The van der Waals surface area contributed by atoms with Crippen LogP contribution >= 0.6 is 35.4 Å². The SMILES string of the molecule is COc1ccc(CN2C(=S)N(c3ccc(Cl)cc3)C(=O)C2CC(=O)Nc2cccc(Cl)c2)cc1OC. The predicted molar refractivity (Wildman–Crippen MR) is 145 cm³/mol. The maximum atomic E-state index is 13.6. The summed E-state index contributed by atoms with van der Waals surface area (Å²) in [6, 6.07) is 18.3. The van der Waals surface area contributed by atoms with Crippen LogP contribution in [0.4, 0.5) is 11.4 Å². The minimum Gasteiger partial charge on any atom is -0.493 e. The Bertz CT molecular complexity index is 1300. The van der Waals surface area contributed by atoms with E-state index in [4.69, 9.17) is 44.9 Å². The van der Waals surface area contributed by atoms with E-state index in [1.54, 1.807) is 73.7 Å². The highest BCUT2D eigenvalue weighted by Crippen LogP contribution is 2.32. The summed E-state index contributed by atoms with van der Waals surface area (Å²) in [6.07, 6.45) is -0.108. The Hall–Kier alpha value is -3.33. The van der Waals surface area contributed by atoms with E-state index in [2.05, 4.69) is 5.32 Å². The number of ether oxygens (including phenoxy) is 2. The lowest BCUT2D eigenvalue weighted by molar-refractivity contribution is -0.124. The highest BCUT2D eigenvalue weighted by Gasteiger charge is 2.44. The van der Waals surface area contributed by atoms with Crippen LogP contribution in [-0.2, 0) is 16.1 Å². The molecular weight excluding hydrogens is 521 g/mol. The number of anilines is 2. The zero-order chi connectivity index (χ0) is 25.8. The van der Waals surface area contributed by atoms with Crippen LogP contribution in [0.25, 0.3) is 0 Å². The second-order valence-electron chi connectivity index (χ2n) is 8.03. The second-order valence-corrected chi connectivity index (χ2v) is 9.27. The van der Waals surface area contributed by atoms with Gasteiger partial charge in [-0.05, 0) is 72.4 Å². The average molecular weight is 544 g/mol. The predicted octanol–water partition coefficient (Wildman–Crippen LogP) is 5.54. The van der Waals surface area contributed by atoms with Gasteiger partial charge in [0.05, 0.1) is 26.3 Å². The Morgan fingerprint density at radius 3 is 2.36 bits per heavy atom. The van der Waals surface area contributed by atoms with Gasteiger partial charge < -0.3 is 19.7 Å². The van der Waals surface area contributed by atoms with Gasteiger partial charge in [-0.15, -0.1) is 0 Å². The molecule has 1 unspecified atom stereocenters. The standard InChI is InChI=1S/C26H23Cl2N3O4S/c1-34-22-11-6-16(12-23(22)35-2)15-30-21(14-24(32)29-19-5-3-4-18(28)13-19)25(33)31(26(30)36)20-9-7-17(27)8-10-20/h3-13,21H,14-15H2,1-2H3,(H,29,32). The molecule has 0 spiro atoms. The number of carbonyl (C=O) groups excluding carboxylic acids is 2. The number of hydrogen-bond acceptors (Lipinski definition) is 5. The maximum absolute atomic E-state index is 13.6. The zero-order valence-electron chi connectivity index (χ0n) is 19.5.